The number of aliphatic hydroxyl groups is 1. The standard InChI is InChI=1S/C35H46N2O3/c1-22(2)9-8-10-23(3)27-13-14-28-32(27,4)17-16-29-33(5)18-15-24(38)21-34(33)19-20-35(28,29)37-31(40)26-12-7-6-11-25(26)30(39)36(34)37/h6-7,9,11-12,19-20,23-24,27-29,38H,8,10,13-18,21H2,1-5H3/t23?,24?,27?,28-,29-,32-,33-,34-,35+/m1/s1. The van der Waals surface area contributed by atoms with Crippen molar-refractivity contribution in [1.29, 1.82) is 0 Å². The zero-order chi connectivity index (χ0) is 28.2. The highest BCUT2D eigenvalue weighted by atomic mass is 16.3. The molecule has 0 amide bonds. The van der Waals surface area contributed by atoms with Crippen molar-refractivity contribution in [3.8, 4) is 0 Å². The normalized spacial score (nSPS) is 41.6. The molecule has 2 aliphatic heterocycles. The van der Waals surface area contributed by atoms with Crippen LogP contribution in [0.25, 0.3) is 10.8 Å². The molecule has 9 atom stereocenters. The van der Waals surface area contributed by atoms with Crippen LogP contribution in [0.3, 0.4) is 0 Å². The minimum absolute atomic E-state index is 0.0321. The fourth-order valence-electron chi connectivity index (χ4n) is 11.3. The largest absolute Gasteiger partial charge is 0.393 e. The summed E-state index contributed by atoms with van der Waals surface area (Å²) in [5.41, 5.74) is 0.0126. The Morgan fingerprint density at radius 2 is 1.68 bits per heavy atom. The molecule has 6 aliphatic rings. The lowest BCUT2D eigenvalue weighted by molar-refractivity contribution is -0.201. The Kier molecular flexibility index (Phi) is 5.67. The van der Waals surface area contributed by atoms with E-state index in [1.54, 1.807) is 0 Å². The van der Waals surface area contributed by atoms with Crippen molar-refractivity contribution in [3.63, 3.8) is 0 Å². The minimum atomic E-state index is -0.680. The van der Waals surface area contributed by atoms with Crippen LogP contribution >= 0.6 is 0 Å². The zero-order valence-electron chi connectivity index (χ0n) is 25.0. The van der Waals surface area contributed by atoms with Gasteiger partial charge in [0.25, 0.3) is 11.1 Å². The van der Waals surface area contributed by atoms with Crippen molar-refractivity contribution in [2.45, 2.75) is 110 Å². The van der Waals surface area contributed by atoms with Gasteiger partial charge >= 0.3 is 0 Å². The van der Waals surface area contributed by atoms with Gasteiger partial charge in [0.2, 0.25) is 0 Å². The third kappa shape index (κ3) is 3.03. The number of rotatable bonds is 4. The van der Waals surface area contributed by atoms with Gasteiger partial charge in [-0.15, -0.1) is 0 Å². The molecular weight excluding hydrogens is 496 g/mol. The first kappa shape index (κ1) is 26.5. The van der Waals surface area contributed by atoms with Crippen LogP contribution in [0.4, 0.5) is 0 Å². The zero-order valence-corrected chi connectivity index (χ0v) is 25.0. The van der Waals surface area contributed by atoms with E-state index in [1.165, 1.54) is 24.8 Å². The molecule has 2 aromatic rings. The van der Waals surface area contributed by atoms with Gasteiger partial charge in [0.1, 0.15) is 0 Å². The number of hydrogen-bond donors (Lipinski definition) is 1. The van der Waals surface area contributed by atoms with E-state index < -0.39 is 17.2 Å². The van der Waals surface area contributed by atoms with Gasteiger partial charge in [-0.25, -0.2) is 9.36 Å². The quantitative estimate of drug-likeness (QED) is 0.448. The smallest absolute Gasteiger partial charge is 0.274 e. The Labute approximate surface area is 238 Å². The van der Waals surface area contributed by atoms with Crippen molar-refractivity contribution in [2.24, 2.45) is 34.5 Å². The van der Waals surface area contributed by atoms with E-state index in [-0.39, 0.29) is 27.9 Å². The molecule has 40 heavy (non-hydrogen) atoms. The topological polar surface area (TPSA) is 64.2 Å². The molecule has 3 heterocycles. The Morgan fingerprint density at radius 3 is 2.38 bits per heavy atom. The second-order valence-electron chi connectivity index (χ2n) is 14.9. The average Bonchev–Trinajstić information content (AvgIpc) is 3.29. The van der Waals surface area contributed by atoms with E-state index in [9.17, 15) is 14.7 Å². The van der Waals surface area contributed by atoms with E-state index in [4.69, 9.17) is 0 Å². The molecule has 0 radical (unpaired) electrons. The third-order valence-corrected chi connectivity index (χ3v) is 13.0. The lowest BCUT2D eigenvalue weighted by atomic mass is 9.40. The highest BCUT2D eigenvalue weighted by Gasteiger charge is 2.74. The molecule has 3 saturated carbocycles. The summed E-state index contributed by atoms with van der Waals surface area (Å²) in [6.07, 6.45) is 15.5. The van der Waals surface area contributed by atoms with Gasteiger partial charge in [0.15, 0.2) is 0 Å². The highest BCUT2D eigenvalue weighted by molar-refractivity contribution is 5.80. The fraction of sp³-hybridized carbons (Fsp3) is 0.657. The molecule has 0 saturated heterocycles. The number of hydrogen-bond acceptors (Lipinski definition) is 3. The van der Waals surface area contributed by atoms with Gasteiger partial charge in [-0.3, -0.25) is 9.59 Å². The molecule has 214 valence electrons. The summed E-state index contributed by atoms with van der Waals surface area (Å²) in [5, 5.41) is 12.1. The van der Waals surface area contributed by atoms with Crippen LogP contribution in [0.5, 0.6) is 0 Å². The molecule has 3 unspecified atom stereocenters. The van der Waals surface area contributed by atoms with Crippen molar-refractivity contribution >= 4 is 10.8 Å². The Morgan fingerprint density at radius 1 is 0.975 bits per heavy atom. The average molecular weight is 543 g/mol. The maximum Gasteiger partial charge on any atom is 0.274 e. The van der Waals surface area contributed by atoms with Gasteiger partial charge in [0, 0.05) is 11.8 Å². The number of aliphatic hydroxyl groups excluding tert-OH is 1. The maximum atomic E-state index is 14.6. The maximum absolute atomic E-state index is 14.6. The SMILES string of the molecule is CC(C)=CCCC(C)C1CC[C@H]2[C@@]34C=C[C@]5(CC(O)CC[C@]5(C)[C@H]3CC[C@]12C)n1c(=O)c2ccccc2c(=O)n14. The van der Waals surface area contributed by atoms with Crippen molar-refractivity contribution in [2.75, 3.05) is 0 Å². The summed E-state index contributed by atoms with van der Waals surface area (Å²) in [7, 11) is 0. The molecule has 8 rings (SSSR count). The van der Waals surface area contributed by atoms with E-state index in [1.807, 2.05) is 33.6 Å². The highest BCUT2D eigenvalue weighted by Crippen LogP contribution is 2.74. The van der Waals surface area contributed by atoms with Gasteiger partial charge in [-0.2, -0.15) is 0 Å². The minimum Gasteiger partial charge on any atom is -0.393 e. The van der Waals surface area contributed by atoms with Gasteiger partial charge in [-0.1, -0.05) is 56.7 Å². The van der Waals surface area contributed by atoms with E-state index >= 15 is 0 Å². The van der Waals surface area contributed by atoms with Crippen molar-refractivity contribution in [3.05, 3.63) is 68.8 Å². The van der Waals surface area contributed by atoms with Crippen LogP contribution in [-0.4, -0.2) is 20.6 Å². The lowest BCUT2D eigenvalue weighted by Gasteiger charge is -2.72. The monoisotopic (exact) mass is 542 g/mol. The van der Waals surface area contributed by atoms with Gasteiger partial charge < -0.3 is 5.11 Å². The number of benzene rings is 1. The number of fused-ring (bicyclic) bond motifs is 2. The number of aromatic nitrogens is 2. The Hall–Kier alpha value is -2.40. The van der Waals surface area contributed by atoms with Crippen LogP contribution in [-0.2, 0) is 11.1 Å². The first-order valence-corrected chi connectivity index (χ1v) is 15.8. The Balaban J connectivity index is 1.46. The summed E-state index contributed by atoms with van der Waals surface area (Å²) in [6, 6.07) is 7.39. The van der Waals surface area contributed by atoms with Gasteiger partial charge in [0.05, 0.1) is 28.0 Å². The van der Waals surface area contributed by atoms with E-state index in [0.717, 1.165) is 32.1 Å². The second kappa shape index (κ2) is 8.56. The second-order valence-corrected chi connectivity index (χ2v) is 14.9. The van der Waals surface area contributed by atoms with Crippen LogP contribution in [0.15, 0.2) is 57.7 Å². The molecule has 5 nitrogen and oxygen atoms in total. The van der Waals surface area contributed by atoms with Crippen molar-refractivity contribution in [1.82, 2.24) is 9.36 Å². The van der Waals surface area contributed by atoms with Gasteiger partial charge in [-0.05, 0) is 106 Å². The predicted octanol–water partition coefficient (Wildman–Crippen LogP) is 6.51. The fourth-order valence-corrected chi connectivity index (χ4v) is 11.3. The van der Waals surface area contributed by atoms with Crippen LogP contribution < -0.4 is 11.1 Å². The summed E-state index contributed by atoms with van der Waals surface area (Å²) >= 11 is 0. The summed E-state index contributed by atoms with van der Waals surface area (Å²) in [5.74, 6) is 1.80. The molecule has 2 bridgehead atoms. The molecule has 5 heteroatoms. The molecular formula is C35H46N2O3. The summed E-state index contributed by atoms with van der Waals surface area (Å²) < 4.78 is 3.86. The van der Waals surface area contributed by atoms with E-state index in [0.29, 0.717) is 34.9 Å². The molecule has 4 aliphatic carbocycles. The number of allylic oxidation sites excluding steroid dienone is 4. The molecule has 1 aromatic heterocycles. The van der Waals surface area contributed by atoms with Crippen LogP contribution in [0.1, 0.15) is 92.4 Å². The molecule has 3 fully saturated rings. The van der Waals surface area contributed by atoms with Crippen LogP contribution in [0.2, 0.25) is 0 Å². The lowest BCUT2D eigenvalue weighted by Crippen LogP contribution is -2.78. The van der Waals surface area contributed by atoms with E-state index in [2.05, 4.69) is 52.8 Å². The molecule has 1 N–H and O–H groups in total. The first-order chi connectivity index (χ1) is 19.0. The Bertz CT molecular complexity index is 1560. The molecule has 1 aromatic carbocycles. The first-order valence-electron chi connectivity index (χ1n) is 15.8. The third-order valence-electron chi connectivity index (χ3n) is 13.0. The summed E-state index contributed by atoms with van der Waals surface area (Å²) in [6.45, 7) is 11.7. The van der Waals surface area contributed by atoms with Crippen LogP contribution in [0, 0.1) is 34.5 Å². The molecule has 2 spiro atoms. The number of nitrogens with zero attached hydrogens (tertiary/aromatic N) is 2. The summed E-state index contributed by atoms with van der Waals surface area (Å²) in [4.78, 5) is 29.1. The predicted molar refractivity (Wildman–Crippen MR) is 160 cm³/mol. The van der Waals surface area contributed by atoms with Crippen molar-refractivity contribution < 1.29 is 5.11 Å².